The molecule has 0 bridgehead atoms. The highest BCUT2D eigenvalue weighted by Crippen LogP contribution is 2.24. The Morgan fingerprint density at radius 1 is 1.21 bits per heavy atom. The first-order valence-corrected chi connectivity index (χ1v) is 7.00. The molecule has 100 valence electrons. The molecule has 0 aliphatic rings. The molecular weight excluding hydrogens is 258 g/mol. The highest BCUT2D eigenvalue weighted by atomic mass is 32.2. The summed E-state index contributed by atoms with van der Waals surface area (Å²) in [6.07, 6.45) is 0. The Bertz CT molecular complexity index is 589. The van der Waals surface area contributed by atoms with Gasteiger partial charge < -0.3 is 4.57 Å². The number of thioether (sulfide) groups is 1. The number of ketones is 1. The van der Waals surface area contributed by atoms with Crippen molar-refractivity contribution in [3.63, 3.8) is 0 Å². The van der Waals surface area contributed by atoms with Crippen LogP contribution >= 0.6 is 11.8 Å². The minimum atomic E-state index is -0.176. The van der Waals surface area contributed by atoms with E-state index in [0.29, 0.717) is 0 Å². The lowest BCUT2D eigenvalue weighted by atomic mass is 10.1. The van der Waals surface area contributed by atoms with Gasteiger partial charge in [-0.2, -0.15) is 0 Å². The van der Waals surface area contributed by atoms with Gasteiger partial charge in [-0.3, -0.25) is 4.79 Å². The third-order valence-corrected chi connectivity index (χ3v) is 4.17. The third kappa shape index (κ3) is 3.04. The second-order valence-electron chi connectivity index (χ2n) is 4.58. The normalized spacial score (nSPS) is 12.4. The minimum absolute atomic E-state index is 0.116. The highest BCUT2D eigenvalue weighted by molar-refractivity contribution is 8.00. The van der Waals surface area contributed by atoms with Crippen molar-refractivity contribution < 1.29 is 4.79 Å². The van der Waals surface area contributed by atoms with Gasteiger partial charge in [0.2, 0.25) is 0 Å². The number of hydrogen-bond donors (Lipinski definition) is 0. The summed E-state index contributed by atoms with van der Waals surface area (Å²) in [6, 6.07) is 7.65. The number of nitrogens with zero attached hydrogens (tertiary/aromatic N) is 3. The van der Waals surface area contributed by atoms with E-state index in [2.05, 4.69) is 10.2 Å². The van der Waals surface area contributed by atoms with Crippen molar-refractivity contribution in [2.45, 2.75) is 31.2 Å². The van der Waals surface area contributed by atoms with E-state index in [4.69, 9.17) is 0 Å². The summed E-state index contributed by atoms with van der Waals surface area (Å²) in [4.78, 5) is 12.3. The Labute approximate surface area is 117 Å². The first kappa shape index (κ1) is 13.8. The second kappa shape index (κ2) is 5.57. The summed E-state index contributed by atoms with van der Waals surface area (Å²) in [5.41, 5.74) is 1.89. The predicted octanol–water partition coefficient (Wildman–Crippen LogP) is 2.80. The van der Waals surface area contributed by atoms with Gasteiger partial charge in [-0.05, 0) is 20.8 Å². The first-order chi connectivity index (χ1) is 8.99. The Balaban J connectivity index is 2.11. The average Bonchev–Trinajstić information content (AvgIpc) is 2.71. The van der Waals surface area contributed by atoms with Crippen molar-refractivity contribution in [1.29, 1.82) is 0 Å². The first-order valence-electron chi connectivity index (χ1n) is 6.12. The Morgan fingerprint density at radius 3 is 2.37 bits per heavy atom. The second-order valence-corrected chi connectivity index (χ2v) is 5.89. The molecule has 0 fully saturated rings. The van der Waals surface area contributed by atoms with E-state index in [0.717, 1.165) is 22.1 Å². The van der Waals surface area contributed by atoms with E-state index in [9.17, 15) is 4.79 Å². The van der Waals surface area contributed by atoms with E-state index >= 15 is 0 Å². The third-order valence-electron chi connectivity index (χ3n) is 3.04. The number of rotatable bonds is 4. The maximum absolute atomic E-state index is 12.3. The van der Waals surface area contributed by atoms with Crippen LogP contribution in [0.2, 0.25) is 0 Å². The molecule has 0 N–H and O–H groups in total. The van der Waals surface area contributed by atoms with Crippen LogP contribution in [0.4, 0.5) is 0 Å². The van der Waals surface area contributed by atoms with Gasteiger partial charge in [-0.25, -0.2) is 0 Å². The summed E-state index contributed by atoms with van der Waals surface area (Å²) < 4.78 is 1.89. The van der Waals surface area contributed by atoms with Crippen LogP contribution in [0.3, 0.4) is 0 Å². The van der Waals surface area contributed by atoms with E-state index in [1.54, 1.807) is 0 Å². The molecule has 0 saturated carbocycles. The van der Waals surface area contributed by atoms with Gasteiger partial charge in [0.1, 0.15) is 5.82 Å². The van der Waals surface area contributed by atoms with Crippen LogP contribution in [0.5, 0.6) is 0 Å². The zero-order valence-electron chi connectivity index (χ0n) is 11.5. The number of benzene rings is 1. The average molecular weight is 275 g/mol. The number of carbonyl (C=O) groups is 1. The number of Topliss-reactive ketones (excluding diaryl/α,β-unsaturated/α-hetero) is 1. The minimum Gasteiger partial charge on any atom is -0.309 e. The Hall–Kier alpha value is -1.62. The summed E-state index contributed by atoms with van der Waals surface area (Å²) in [5.74, 6) is 0.961. The molecule has 1 aromatic heterocycles. The van der Waals surface area contributed by atoms with E-state index < -0.39 is 0 Å². The van der Waals surface area contributed by atoms with Gasteiger partial charge in [0.25, 0.3) is 0 Å². The van der Waals surface area contributed by atoms with Crippen LogP contribution in [0.1, 0.15) is 28.7 Å². The van der Waals surface area contributed by atoms with Crippen molar-refractivity contribution in [3.8, 4) is 0 Å². The van der Waals surface area contributed by atoms with Crippen molar-refractivity contribution in [2.24, 2.45) is 7.05 Å². The maximum atomic E-state index is 12.3. The smallest absolute Gasteiger partial charge is 0.191 e. The predicted molar refractivity (Wildman–Crippen MR) is 76.6 cm³/mol. The molecule has 0 aliphatic carbocycles. The molecule has 4 nitrogen and oxygen atoms in total. The zero-order chi connectivity index (χ0) is 14.0. The lowest BCUT2D eigenvalue weighted by molar-refractivity contribution is 0.0994. The van der Waals surface area contributed by atoms with Crippen LogP contribution in [0.15, 0.2) is 29.4 Å². The molecule has 1 heterocycles. The molecule has 0 aliphatic heterocycles. The monoisotopic (exact) mass is 275 g/mol. The molecule has 1 aromatic carbocycles. The number of carbonyl (C=O) groups excluding carboxylic acids is 1. The fourth-order valence-electron chi connectivity index (χ4n) is 1.65. The van der Waals surface area contributed by atoms with Crippen molar-refractivity contribution in [1.82, 2.24) is 14.8 Å². The molecule has 0 saturated heterocycles. The van der Waals surface area contributed by atoms with Crippen molar-refractivity contribution in [2.75, 3.05) is 0 Å². The van der Waals surface area contributed by atoms with Gasteiger partial charge >= 0.3 is 0 Å². The van der Waals surface area contributed by atoms with Crippen molar-refractivity contribution in [3.05, 3.63) is 41.2 Å². The summed E-state index contributed by atoms with van der Waals surface area (Å²) >= 11 is 1.44. The summed E-state index contributed by atoms with van der Waals surface area (Å²) in [6.45, 7) is 5.80. The van der Waals surface area contributed by atoms with E-state index in [1.807, 2.05) is 56.7 Å². The summed E-state index contributed by atoms with van der Waals surface area (Å²) in [5, 5.41) is 8.66. The maximum Gasteiger partial charge on any atom is 0.191 e. The quantitative estimate of drug-likeness (QED) is 0.636. The molecule has 2 aromatic rings. The lowest BCUT2D eigenvalue weighted by Crippen LogP contribution is -2.14. The lowest BCUT2D eigenvalue weighted by Gasteiger charge is -2.09. The van der Waals surface area contributed by atoms with Gasteiger partial charge in [-0.1, -0.05) is 41.6 Å². The molecule has 19 heavy (non-hydrogen) atoms. The van der Waals surface area contributed by atoms with Crippen LogP contribution in [0, 0.1) is 13.8 Å². The topological polar surface area (TPSA) is 47.8 Å². The SMILES string of the molecule is Cc1ccc(C(=O)[C@H](C)Sc2nnc(C)n2C)cc1. The van der Waals surface area contributed by atoms with Crippen LogP contribution in [-0.4, -0.2) is 25.8 Å². The zero-order valence-corrected chi connectivity index (χ0v) is 12.4. The van der Waals surface area contributed by atoms with Gasteiger partial charge in [0.15, 0.2) is 10.9 Å². The standard InChI is InChI=1S/C14H17N3OS/c1-9-5-7-12(8-6-9)13(18)10(2)19-14-16-15-11(3)17(14)4/h5-8,10H,1-4H3/t10-/m0/s1. The fraction of sp³-hybridized carbons (Fsp3) is 0.357. The Morgan fingerprint density at radius 2 is 1.84 bits per heavy atom. The highest BCUT2D eigenvalue weighted by Gasteiger charge is 2.19. The number of aromatic nitrogens is 3. The molecule has 1 atom stereocenters. The molecule has 0 amide bonds. The fourth-order valence-corrected chi connectivity index (χ4v) is 2.59. The number of aryl methyl sites for hydroxylation is 2. The van der Waals surface area contributed by atoms with Crippen molar-refractivity contribution >= 4 is 17.5 Å². The largest absolute Gasteiger partial charge is 0.309 e. The molecule has 0 unspecified atom stereocenters. The number of hydrogen-bond acceptors (Lipinski definition) is 4. The van der Waals surface area contributed by atoms with E-state index in [-0.39, 0.29) is 11.0 Å². The summed E-state index contributed by atoms with van der Waals surface area (Å²) in [7, 11) is 1.90. The molecule has 0 spiro atoms. The molecule has 2 rings (SSSR count). The molecule has 5 heteroatoms. The van der Waals surface area contributed by atoms with E-state index in [1.165, 1.54) is 11.8 Å². The van der Waals surface area contributed by atoms with Crippen LogP contribution < -0.4 is 0 Å². The van der Waals surface area contributed by atoms with Gasteiger partial charge in [0.05, 0.1) is 5.25 Å². The van der Waals surface area contributed by atoms with Crippen LogP contribution in [-0.2, 0) is 7.05 Å². The van der Waals surface area contributed by atoms with Crippen LogP contribution in [0.25, 0.3) is 0 Å². The molecular formula is C14H17N3OS. The van der Waals surface area contributed by atoms with Gasteiger partial charge in [0, 0.05) is 12.6 Å². The Kier molecular flexibility index (Phi) is 4.04. The molecule has 0 radical (unpaired) electrons. The van der Waals surface area contributed by atoms with Gasteiger partial charge in [-0.15, -0.1) is 10.2 Å².